The third-order valence-corrected chi connectivity index (χ3v) is 5.69. The van der Waals surface area contributed by atoms with E-state index in [9.17, 15) is 5.11 Å². The van der Waals surface area contributed by atoms with E-state index in [4.69, 9.17) is 0 Å². The molecule has 1 atom stereocenters. The minimum atomic E-state index is 0.377. The standard InChI is InChI=1S/C22H36O/c1-3-4-5-6-7-18(2)16-19-8-12-21(13-9-19)22-14-10-20(17-23)11-15-22/h8-9,12-13,18,20,22-23H,3-7,10-11,14-17H2,1-2H3/t18-,20?,22?/m0/s1. The Balaban J connectivity index is 1.76. The predicted molar refractivity (Wildman–Crippen MR) is 99.9 cm³/mol. The zero-order valence-corrected chi connectivity index (χ0v) is 15.3. The lowest BCUT2D eigenvalue weighted by molar-refractivity contribution is 0.182. The molecule has 0 saturated heterocycles. The van der Waals surface area contributed by atoms with Crippen LogP contribution in [-0.4, -0.2) is 11.7 Å². The number of aliphatic hydroxyl groups excluding tert-OH is 1. The topological polar surface area (TPSA) is 20.2 Å². The van der Waals surface area contributed by atoms with Gasteiger partial charge in [-0.1, -0.05) is 70.2 Å². The average Bonchev–Trinajstić information content (AvgIpc) is 2.59. The van der Waals surface area contributed by atoms with Crippen LogP contribution in [0.4, 0.5) is 0 Å². The number of unbranched alkanes of at least 4 members (excludes halogenated alkanes) is 3. The highest BCUT2D eigenvalue weighted by atomic mass is 16.3. The van der Waals surface area contributed by atoms with Gasteiger partial charge in [0.05, 0.1) is 0 Å². The molecule has 0 radical (unpaired) electrons. The maximum absolute atomic E-state index is 9.26. The second-order valence-electron chi connectivity index (χ2n) is 7.80. The number of rotatable bonds is 9. The molecule has 0 bridgehead atoms. The first kappa shape index (κ1) is 18.5. The van der Waals surface area contributed by atoms with Crippen molar-refractivity contribution >= 4 is 0 Å². The van der Waals surface area contributed by atoms with Crippen molar-refractivity contribution < 1.29 is 5.11 Å². The molecule has 2 rings (SSSR count). The molecule has 0 unspecified atom stereocenters. The normalized spacial score (nSPS) is 22.9. The third-order valence-electron chi connectivity index (χ3n) is 5.69. The Morgan fingerprint density at radius 2 is 1.70 bits per heavy atom. The summed E-state index contributed by atoms with van der Waals surface area (Å²) in [4.78, 5) is 0. The number of hydrogen-bond acceptors (Lipinski definition) is 1. The highest BCUT2D eigenvalue weighted by Gasteiger charge is 2.21. The fourth-order valence-corrected chi connectivity index (χ4v) is 4.03. The third kappa shape index (κ3) is 6.30. The van der Waals surface area contributed by atoms with E-state index in [0.717, 1.165) is 11.8 Å². The fourth-order valence-electron chi connectivity index (χ4n) is 4.03. The Kier molecular flexibility index (Phi) is 8.16. The summed E-state index contributed by atoms with van der Waals surface area (Å²) >= 11 is 0. The van der Waals surface area contributed by atoms with Gasteiger partial charge in [-0.25, -0.2) is 0 Å². The van der Waals surface area contributed by atoms with Crippen molar-refractivity contribution in [3.8, 4) is 0 Å². The van der Waals surface area contributed by atoms with E-state index >= 15 is 0 Å². The number of hydrogen-bond donors (Lipinski definition) is 1. The number of benzene rings is 1. The van der Waals surface area contributed by atoms with Crippen LogP contribution in [-0.2, 0) is 6.42 Å². The van der Waals surface area contributed by atoms with Crippen molar-refractivity contribution in [3.63, 3.8) is 0 Å². The predicted octanol–water partition coefficient (Wildman–Crippen LogP) is 6.10. The highest BCUT2D eigenvalue weighted by molar-refractivity contribution is 5.26. The van der Waals surface area contributed by atoms with Crippen LogP contribution in [0, 0.1) is 11.8 Å². The maximum atomic E-state index is 9.26. The van der Waals surface area contributed by atoms with Gasteiger partial charge in [0.1, 0.15) is 0 Å². The Morgan fingerprint density at radius 1 is 1.00 bits per heavy atom. The zero-order chi connectivity index (χ0) is 16.5. The maximum Gasteiger partial charge on any atom is 0.0459 e. The second kappa shape index (κ2) is 10.1. The van der Waals surface area contributed by atoms with Gasteiger partial charge in [0, 0.05) is 6.61 Å². The summed E-state index contributed by atoms with van der Waals surface area (Å²) in [5.41, 5.74) is 3.02. The molecule has 0 aromatic heterocycles. The van der Waals surface area contributed by atoms with Crippen molar-refractivity contribution in [1.82, 2.24) is 0 Å². The number of aliphatic hydroxyl groups is 1. The van der Waals surface area contributed by atoms with E-state index < -0.39 is 0 Å². The van der Waals surface area contributed by atoms with Gasteiger partial charge in [0.2, 0.25) is 0 Å². The summed E-state index contributed by atoms with van der Waals surface area (Å²) < 4.78 is 0. The van der Waals surface area contributed by atoms with E-state index in [1.165, 1.54) is 75.3 Å². The van der Waals surface area contributed by atoms with Crippen LogP contribution in [0.25, 0.3) is 0 Å². The first-order valence-corrected chi connectivity index (χ1v) is 9.92. The summed E-state index contributed by atoms with van der Waals surface area (Å²) in [6, 6.07) is 9.44. The fraction of sp³-hybridized carbons (Fsp3) is 0.727. The first-order chi connectivity index (χ1) is 11.2. The molecule has 0 aliphatic heterocycles. The smallest absolute Gasteiger partial charge is 0.0459 e. The van der Waals surface area contributed by atoms with Gasteiger partial charge in [-0.3, -0.25) is 0 Å². The molecule has 130 valence electrons. The SMILES string of the molecule is CCCCCC[C@H](C)Cc1ccc(C2CCC(CO)CC2)cc1. The van der Waals surface area contributed by atoms with E-state index in [0.29, 0.717) is 12.5 Å². The Morgan fingerprint density at radius 3 is 2.30 bits per heavy atom. The summed E-state index contributed by atoms with van der Waals surface area (Å²) in [7, 11) is 0. The van der Waals surface area contributed by atoms with Gasteiger partial charge >= 0.3 is 0 Å². The van der Waals surface area contributed by atoms with Crippen molar-refractivity contribution in [2.75, 3.05) is 6.61 Å². The second-order valence-corrected chi connectivity index (χ2v) is 7.80. The average molecular weight is 317 g/mol. The molecular formula is C22H36O. The summed E-state index contributed by atoms with van der Waals surface area (Å²) in [6.45, 7) is 5.05. The van der Waals surface area contributed by atoms with Gasteiger partial charge in [-0.05, 0) is 61.0 Å². The van der Waals surface area contributed by atoms with Crippen LogP contribution in [0.15, 0.2) is 24.3 Å². The van der Waals surface area contributed by atoms with Crippen LogP contribution < -0.4 is 0 Å². The van der Waals surface area contributed by atoms with Gasteiger partial charge in [-0.15, -0.1) is 0 Å². The van der Waals surface area contributed by atoms with Crippen LogP contribution in [0.2, 0.25) is 0 Å². The molecule has 1 aliphatic rings. The van der Waals surface area contributed by atoms with E-state index in [1.807, 2.05) is 0 Å². The Labute approximate surface area is 143 Å². The van der Waals surface area contributed by atoms with E-state index in [-0.39, 0.29) is 0 Å². The first-order valence-electron chi connectivity index (χ1n) is 9.92. The van der Waals surface area contributed by atoms with Crippen LogP contribution >= 0.6 is 0 Å². The van der Waals surface area contributed by atoms with Crippen LogP contribution in [0.1, 0.15) is 88.7 Å². The van der Waals surface area contributed by atoms with Crippen LogP contribution in [0.3, 0.4) is 0 Å². The molecule has 1 aromatic rings. The Bertz CT molecular complexity index is 414. The Hall–Kier alpha value is -0.820. The van der Waals surface area contributed by atoms with E-state index in [1.54, 1.807) is 0 Å². The van der Waals surface area contributed by atoms with Crippen molar-refractivity contribution in [2.24, 2.45) is 11.8 Å². The van der Waals surface area contributed by atoms with Crippen molar-refractivity contribution in [2.45, 2.75) is 84.0 Å². The molecule has 1 nitrogen and oxygen atoms in total. The minimum Gasteiger partial charge on any atom is -0.396 e. The molecule has 1 fully saturated rings. The summed E-state index contributed by atoms with van der Waals surface area (Å²) in [6.07, 6.45) is 13.0. The molecule has 1 aromatic carbocycles. The van der Waals surface area contributed by atoms with Gasteiger partial charge in [-0.2, -0.15) is 0 Å². The van der Waals surface area contributed by atoms with Gasteiger partial charge < -0.3 is 5.11 Å². The molecule has 23 heavy (non-hydrogen) atoms. The van der Waals surface area contributed by atoms with Crippen molar-refractivity contribution in [3.05, 3.63) is 35.4 Å². The van der Waals surface area contributed by atoms with Gasteiger partial charge in [0.15, 0.2) is 0 Å². The largest absolute Gasteiger partial charge is 0.396 e. The minimum absolute atomic E-state index is 0.377. The van der Waals surface area contributed by atoms with E-state index in [2.05, 4.69) is 38.1 Å². The summed E-state index contributed by atoms with van der Waals surface area (Å²) in [5, 5.41) is 9.26. The lowest BCUT2D eigenvalue weighted by Crippen LogP contribution is -2.16. The molecule has 0 amide bonds. The van der Waals surface area contributed by atoms with Gasteiger partial charge in [0.25, 0.3) is 0 Å². The molecule has 0 spiro atoms. The molecule has 0 heterocycles. The zero-order valence-electron chi connectivity index (χ0n) is 15.3. The van der Waals surface area contributed by atoms with Crippen molar-refractivity contribution in [1.29, 1.82) is 0 Å². The monoisotopic (exact) mass is 316 g/mol. The quantitative estimate of drug-likeness (QED) is 0.546. The molecule has 1 aliphatic carbocycles. The molecule has 1 saturated carbocycles. The summed E-state index contributed by atoms with van der Waals surface area (Å²) in [5.74, 6) is 2.08. The highest BCUT2D eigenvalue weighted by Crippen LogP contribution is 2.35. The lowest BCUT2D eigenvalue weighted by atomic mass is 9.79. The molecular weight excluding hydrogens is 280 g/mol. The van der Waals surface area contributed by atoms with Crippen LogP contribution in [0.5, 0.6) is 0 Å². The molecule has 1 heteroatoms. The lowest BCUT2D eigenvalue weighted by Gasteiger charge is -2.27. The molecule has 1 N–H and O–H groups in total.